The lowest BCUT2D eigenvalue weighted by atomic mass is 10.1. The molecule has 0 saturated carbocycles. The van der Waals surface area contributed by atoms with Crippen LogP contribution in [-0.2, 0) is 11.2 Å². The monoisotopic (exact) mass is 393 g/mol. The van der Waals surface area contributed by atoms with E-state index in [1.165, 1.54) is 0 Å². The number of carbonyl (C=O) groups excluding carboxylic acids is 1. The van der Waals surface area contributed by atoms with Crippen LogP contribution in [0, 0.1) is 13.8 Å². The van der Waals surface area contributed by atoms with Gasteiger partial charge in [-0.3, -0.25) is 4.79 Å². The SMILES string of the molecule is CCNC(=O)CCc1c(C)nn(-c2ccc(OC)cc2)c1Oc1cccc(C)c1. The van der Waals surface area contributed by atoms with Crippen LogP contribution in [0.1, 0.15) is 30.2 Å². The summed E-state index contributed by atoms with van der Waals surface area (Å²) in [7, 11) is 1.64. The van der Waals surface area contributed by atoms with Crippen LogP contribution in [0.3, 0.4) is 0 Å². The number of carbonyl (C=O) groups is 1. The first kappa shape index (κ1) is 20.5. The molecular weight excluding hydrogens is 366 g/mol. The second-order valence-electron chi connectivity index (χ2n) is 6.85. The number of rotatable bonds is 8. The van der Waals surface area contributed by atoms with Crippen LogP contribution >= 0.6 is 0 Å². The maximum absolute atomic E-state index is 12.0. The fourth-order valence-electron chi connectivity index (χ4n) is 3.14. The van der Waals surface area contributed by atoms with Crippen molar-refractivity contribution in [2.24, 2.45) is 0 Å². The van der Waals surface area contributed by atoms with Gasteiger partial charge in [-0.2, -0.15) is 5.10 Å². The van der Waals surface area contributed by atoms with Gasteiger partial charge in [0, 0.05) is 18.5 Å². The van der Waals surface area contributed by atoms with E-state index in [0.29, 0.717) is 25.3 Å². The number of hydrogen-bond acceptors (Lipinski definition) is 4. The van der Waals surface area contributed by atoms with Crippen molar-refractivity contribution in [3.8, 4) is 23.1 Å². The Balaban J connectivity index is 1.99. The number of nitrogens with one attached hydrogen (secondary N) is 1. The van der Waals surface area contributed by atoms with Gasteiger partial charge in [0.05, 0.1) is 18.5 Å². The van der Waals surface area contributed by atoms with Crippen molar-refractivity contribution >= 4 is 5.91 Å². The lowest BCUT2D eigenvalue weighted by Crippen LogP contribution is -2.22. The Labute approximate surface area is 171 Å². The van der Waals surface area contributed by atoms with Crippen molar-refractivity contribution in [1.82, 2.24) is 15.1 Å². The van der Waals surface area contributed by atoms with Crippen LogP contribution < -0.4 is 14.8 Å². The molecule has 3 aromatic rings. The Hall–Kier alpha value is -3.28. The first-order valence-electron chi connectivity index (χ1n) is 9.76. The molecule has 1 amide bonds. The molecule has 0 saturated heterocycles. The van der Waals surface area contributed by atoms with Gasteiger partial charge < -0.3 is 14.8 Å². The number of hydrogen-bond donors (Lipinski definition) is 1. The van der Waals surface area contributed by atoms with E-state index in [4.69, 9.17) is 14.6 Å². The van der Waals surface area contributed by atoms with Crippen LogP contribution in [0.15, 0.2) is 48.5 Å². The Morgan fingerprint density at radius 1 is 1.10 bits per heavy atom. The lowest BCUT2D eigenvalue weighted by molar-refractivity contribution is -0.120. The van der Waals surface area contributed by atoms with E-state index in [-0.39, 0.29) is 5.91 Å². The van der Waals surface area contributed by atoms with Gasteiger partial charge in [-0.15, -0.1) is 0 Å². The Bertz CT molecular complexity index is 978. The highest BCUT2D eigenvalue weighted by atomic mass is 16.5. The van der Waals surface area contributed by atoms with E-state index in [1.807, 2.05) is 69.3 Å². The van der Waals surface area contributed by atoms with E-state index < -0.39 is 0 Å². The molecule has 1 aromatic heterocycles. The third-order valence-corrected chi connectivity index (χ3v) is 4.63. The molecule has 0 aliphatic heterocycles. The molecule has 0 bridgehead atoms. The van der Waals surface area contributed by atoms with Crippen molar-refractivity contribution in [3.05, 3.63) is 65.4 Å². The van der Waals surface area contributed by atoms with Crippen molar-refractivity contribution in [3.63, 3.8) is 0 Å². The van der Waals surface area contributed by atoms with Crippen LogP contribution in [0.25, 0.3) is 5.69 Å². The molecule has 152 valence electrons. The summed E-state index contributed by atoms with van der Waals surface area (Å²) in [6, 6.07) is 15.5. The molecule has 0 spiro atoms. The van der Waals surface area contributed by atoms with Crippen molar-refractivity contribution in [2.75, 3.05) is 13.7 Å². The minimum Gasteiger partial charge on any atom is -0.497 e. The average molecular weight is 393 g/mol. The third-order valence-electron chi connectivity index (χ3n) is 4.63. The predicted octanol–water partition coefficient (Wildman–Crippen LogP) is 4.36. The topological polar surface area (TPSA) is 65.4 Å². The van der Waals surface area contributed by atoms with Gasteiger partial charge >= 0.3 is 0 Å². The summed E-state index contributed by atoms with van der Waals surface area (Å²) in [4.78, 5) is 12.0. The summed E-state index contributed by atoms with van der Waals surface area (Å²) in [5.74, 6) is 2.15. The minimum absolute atomic E-state index is 0.0191. The molecule has 6 heteroatoms. The van der Waals surface area contributed by atoms with E-state index in [9.17, 15) is 4.79 Å². The fraction of sp³-hybridized carbons (Fsp3) is 0.304. The first-order valence-corrected chi connectivity index (χ1v) is 9.76. The number of aromatic nitrogens is 2. The predicted molar refractivity (Wildman–Crippen MR) is 113 cm³/mol. The van der Waals surface area contributed by atoms with E-state index >= 15 is 0 Å². The van der Waals surface area contributed by atoms with Gasteiger partial charge in [0.25, 0.3) is 0 Å². The average Bonchev–Trinajstić information content (AvgIpc) is 3.02. The maximum Gasteiger partial charge on any atom is 0.226 e. The summed E-state index contributed by atoms with van der Waals surface area (Å²) >= 11 is 0. The van der Waals surface area contributed by atoms with Crippen LogP contribution in [0.5, 0.6) is 17.4 Å². The highest BCUT2D eigenvalue weighted by Gasteiger charge is 2.20. The van der Waals surface area contributed by atoms with Crippen molar-refractivity contribution < 1.29 is 14.3 Å². The van der Waals surface area contributed by atoms with Gasteiger partial charge in [0.2, 0.25) is 11.8 Å². The van der Waals surface area contributed by atoms with Crippen LogP contribution in [0.4, 0.5) is 0 Å². The molecule has 1 heterocycles. The summed E-state index contributed by atoms with van der Waals surface area (Å²) in [6.07, 6.45) is 0.933. The first-order chi connectivity index (χ1) is 14.0. The molecule has 3 rings (SSSR count). The lowest BCUT2D eigenvalue weighted by Gasteiger charge is -2.12. The van der Waals surface area contributed by atoms with E-state index in [2.05, 4.69) is 5.32 Å². The second kappa shape index (κ2) is 9.28. The quantitative estimate of drug-likeness (QED) is 0.618. The zero-order valence-electron chi connectivity index (χ0n) is 17.4. The van der Waals surface area contributed by atoms with Gasteiger partial charge in [0.15, 0.2) is 0 Å². The largest absolute Gasteiger partial charge is 0.497 e. The fourth-order valence-corrected chi connectivity index (χ4v) is 3.14. The van der Waals surface area contributed by atoms with Gasteiger partial charge in [-0.05, 0) is 69.2 Å². The molecule has 0 fully saturated rings. The maximum atomic E-state index is 12.0. The van der Waals surface area contributed by atoms with Crippen molar-refractivity contribution in [2.45, 2.75) is 33.6 Å². The number of ether oxygens (including phenoxy) is 2. The Kier molecular flexibility index (Phi) is 6.54. The third kappa shape index (κ3) is 4.96. The number of benzene rings is 2. The zero-order valence-corrected chi connectivity index (χ0v) is 17.4. The number of nitrogens with zero attached hydrogens (tertiary/aromatic N) is 2. The van der Waals surface area contributed by atoms with Gasteiger partial charge in [0.1, 0.15) is 11.5 Å². The summed E-state index contributed by atoms with van der Waals surface area (Å²) in [5.41, 5.74) is 3.74. The summed E-state index contributed by atoms with van der Waals surface area (Å²) < 4.78 is 13.3. The Morgan fingerprint density at radius 2 is 1.86 bits per heavy atom. The standard InChI is InChI=1S/C23H27N3O3/c1-5-24-22(27)14-13-21-17(3)25-26(18-9-11-19(28-4)12-10-18)23(21)29-20-8-6-7-16(2)15-20/h6-12,15H,5,13-14H2,1-4H3,(H,24,27). The molecule has 0 atom stereocenters. The normalized spacial score (nSPS) is 10.6. The molecule has 0 unspecified atom stereocenters. The van der Waals surface area contributed by atoms with Crippen molar-refractivity contribution in [1.29, 1.82) is 0 Å². The highest BCUT2D eigenvalue weighted by Crippen LogP contribution is 2.32. The van der Waals surface area contributed by atoms with E-state index in [0.717, 1.165) is 34.0 Å². The van der Waals surface area contributed by atoms with Crippen LogP contribution in [-0.4, -0.2) is 29.3 Å². The molecule has 29 heavy (non-hydrogen) atoms. The van der Waals surface area contributed by atoms with E-state index in [1.54, 1.807) is 11.8 Å². The summed E-state index contributed by atoms with van der Waals surface area (Å²) in [5, 5.41) is 7.54. The van der Waals surface area contributed by atoms with Gasteiger partial charge in [-0.1, -0.05) is 12.1 Å². The number of methoxy groups -OCH3 is 1. The van der Waals surface area contributed by atoms with Gasteiger partial charge in [-0.25, -0.2) is 4.68 Å². The Morgan fingerprint density at radius 3 is 2.52 bits per heavy atom. The molecule has 1 N–H and O–H groups in total. The van der Waals surface area contributed by atoms with Crippen LogP contribution in [0.2, 0.25) is 0 Å². The number of amides is 1. The highest BCUT2D eigenvalue weighted by molar-refractivity contribution is 5.76. The molecule has 0 aliphatic rings. The summed E-state index contributed by atoms with van der Waals surface area (Å²) in [6.45, 7) is 6.50. The molecular formula is C23H27N3O3. The molecule has 0 aliphatic carbocycles. The number of aryl methyl sites for hydroxylation is 2. The molecule has 6 nitrogen and oxygen atoms in total. The smallest absolute Gasteiger partial charge is 0.226 e. The minimum atomic E-state index is 0.0191. The molecule has 2 aromatic carbocycles. The molecule has 0 radical (unpaired) electrons. The zero-order chi connectivity index (χ0) is 20.8. The second-order valence-corrected chi connectivity index (χ2v) is 6.85.